The van der Waals surface area contributed by atoms with Gasteiger partial charge in [-0.2, -0.15) is 0 Å². The summed E-state index contributed by atoms with van der Waals surface area (Å²) in [6, 6.07) is 8.01. The van der Waals surface area contributed by atoms with E-state index in [0.29, 0.717) is 13.2 Å². The lowest BCUT2D eigenvalue weighted by atomic mass is 10.1. The summed E-state index contributed by atoms with van der Waals surface area (Å²) in [4.78, 5) is 0. The molecule has 1 rings (SSSR count). The van der Waals surface area contributed by atoms with Crippen molar-refractivity contribution in [3.8, 4) is 5.75 Å². The van der Waals surface area contributed by atoms with Crippen molar-refractivity contribution in [3.63, 3.8) is 0 Å². The van der Waals surface area contributed by atoms with Crippen molar-refractivity contribution in [2.75, 3.05) is 18.5 Å². The summed E-state index contributed by atoms with van der Waals surface area (Å²) < 4.78 is 5.54. The monoisotopic (exact) mass is 243 g/mol. The van der Waals surface area contributed by atoms with Crippen molar-refractivity contribution in [2.24, 2.45) is 5.73 Å². The van der Waals surface area contributed by atoms with Crippen molar-refractivity contribution >= 4 is 15.9 Å². The molecule has 2 N–H and O–H groups in total. The van der Waals surface area contributed by atoms with Crippen LogP contribution in [-0.2, 0) is 6.42 Å². The van der Waals surface area contributed by atoms with Gasteiger partial charge in [0.25, 0.3) is 0 Å². The van der Waals surface area contributed by atoms with Gasteiger partial charge in [-0.1, -0.05) is 34.1 Å². The van der Waals surface area contributed by atoms with Gasteiger partial charge in [0.15, 0.2) is 0 Å². The second-order valence-electron chi connectivity index (χ2n) is 2.68. The van der Waals surface area contributed by atoms with Crippen molar-refractivity contribution in [2.45, 2.75) is 6.42 Å². The van der Waals surface area contributed by atoms with E-state index in [1.54, 1.807) is 0 Å². The van der Waals surface area contributed by atoms with Crippen LogP contribution >= 0.6 is 15.9 Å². The third-order valence-corrected chi connectivity index (χ3v) is 2.04. The van der Waals surface area contributed by atoms with Crippen LogP contribution in [0.3, 0.4) is 0 Å². The van der Waals surface area contributed by atoms with E-state index in [1.165, 1.54) is 5.56 Å². The maximum atomic E-state index is 5.54. The van der Waals surface area contributed by atoms with E-state index in [2.05, 4.69) is 22.0 Å². The zero-order valence-corrected chi connectivity index (χ0v) is 9.09. The SMILES string of the molecule is NCCc1ccccc1OCCBr. The van der Waals surface area contributed by atoms with Gasteiger partial charge in [0.1, 0.15) is 5.75 Å². The minimum absolute atomic E-state index is 0.661. The molecule has 0 spiro atoms. The van der Waals surface area contributed by atoms with Crippen LogP contribution in [0.15, 0.2) is 24.3 Å². The van der Waals surface area contributed by atoms with E-state index in [-0.39, 0.29) is 0 Å². The van der Waals surface area contributed by atoms with E-state index in [1.807, 2.05) is 18.2 Å². The number of hydrogen-bond acceptors (Lipinski definition) is 2. The minimum atomic E-state index is 0.661. The standard InChI is InChI=1S/C10H14BrNO/c11-6-8-13-10-4-2-1-3-9(10)5-7-12/h1-4H,5-8,12H2. The number of benzene rings is 1. The van der Waals surface area contributed by atoms with Crippen molar-refractivity contribution < 1.29 is 4.74 Å². The molecule has 3 heteroatoms. The Labute approximate surface area is 87.2 Å². The maximum Gasteiger partial charge on any atom is 0.122 e. The normalized spacial score (nSPS) is 10.0. The fourth-order valence-corrected chi connectivity index (χ4v) is 1.32. The Balaban J connectivity index is 2.66. The first kappa shape index (κ1) is 10.5. The molecule has 0 aliphatic carbocycles. The largest absolute Gasteiger partial charge is 0.492 e. The van der Waals surface area contributed by atoms with Gasteiger partial charge in [-0.3, -0.25) is 0 Å². The number of nitrogens with two attached hydrogens (primary N) is 1. The highest BCUT2D eigenvalue weighted by molar-refractivity contribution is 9.09. The van der Waals surface area contributed by atoms with Gasteiger partial charge >= 0.3 is 0 Å². The van der Waals surface area contributed by atoms with Crippen LogP contribution < -0.4 is 10.5 Å². The Morgan fingerprint density at radius 3 is 2.77 bits per heavy atom. The van der Waals surface area contributed by atoms with Gasteiger partial charge in [-0.15, -0.1) is 0 Å². The molecule has 0 bridgehead atoms. The zero-order chi connectivity index (χ0) is 9.52. The summed E-state index contributed by atoms with van der Waals surface area (Å²) >= 11 is 3.32. The van der Waals surface area contributed by atoms with Crippen LogP contribution in [0.25, 0.3) is 0 Å². The molecule has 0 saturated heterocycles. The number of halogens is 1. The van der Waals surface area contributed by atoms with Gasteiger partial charge in [0.05, 0.1) is 6.61 Å². The molecule has 0 atom stereocenters. The van der Waals surface area contributed by atoms with Crippen molar-refractivity contribution in [1.29, 1.82) is 0 Å². The van der Waals surface area contributed by atoms with Crippen LogP contribution in [0.4, 0.5) is 0 Å². The van der Waals surface area contributed by atoms with Crippen LogP contribution in [-0.4, -0.2) is 18.5 Å². The lowest BCUT2D eigenvalue weighted by Crippen LogP contribution is -2.06. The van der Waals surface area contributed by atoms with E-state index < -0.39 is 0 Å². The van der Waals surface area contributed by atoms with Crippen LogP contribution in [0.1, 0.15) is 5.56 Å². The highest BCUT2D eigenvalue weighted by atomic mass is 79.9. The van der Waals surface area contributed by atoms with Crippen LogP contribution in [0.2, 0.25) is 0 Å². The summed E-state index contributed by atoms with van der Waals surface area (Å²) in [5.41, 5.74) is 6.68. The predicted molar refractivity (Wildman–Crippen MR) is 58.5 cm³/mol. The van der Waals surface area contributed by atoms with Crippen molar-refractivity contribution in [1.82, 2.24) is 0 Å². The molecule has 0 aliphatic rings. The van der Waals surface area contributed by atoms with Gasteiger partial charge < -0.3 is 10.5 Å². The molecular weight excluding hydrogens is 230 g/mol. The molecule has 1 aromatic rings. The second-order valence-corrected chi connectivity index (χ2v) is 3.48. The summed E-state index contributed by atoms with van der Waals surface area (Å²) in [7, 11) is 0. The topological polar surface area (TPSA) is 35.2 Å². The Bertz CT molecular complexity index is 252. The molecule has 0 heterocycles. The molecule has 0 amide bonds. The fourth-order valence-electron chi connectivity index (χ4n) is 1.16. The number of alkyl halides is 1. The molecule has 2 nitrogen and oxygen atoms in total. The summed E-state index contributed by atoms with van der Waals surface area (Å²) in [5, 5.41) is 0.851. The average Bonchev–Trinajstić information content (AvgIpc) is 2.17. The number of hydrogen-bond donors (Lipinski definition) is 1. The Kier molecular flexibility index (Phi) is 4.86. The third kappa shape index (κ3) is 3.36. The summed E-state index contributed by atoms with van der Waals surface area (Å²) in [6.07, 6.45) is 0.873. The Morgan fingerprint density at radius 2 is 2.08 bits per heavy atom. The van der Waals surface area contributed by atoms with E-state index >= 15 is 0 Å². The Morgan fingerprint density at radius 1 is 1.31 bits per heavy atom. The summed E-state index contributed by atoms with van der Waals surface area (Å²) in [5.74, 6) is 0.951. The number of rotatable bonds is 5. The van der Waals surface area contributed by atoms with E-state index in [0.717, 1.165) is 17.5 Å². The molecule has 0 saturated carbocycles. The highest BCUT2D eigenvalue weighted by Gasteiger charge is 2.00. The fraction of sp³-hybridized carbons (Fsp3) is 0.400. The smallest absolute Gasteiger partial charge is 0.122 e. The first-order valence-corrected chi connectivity index (χ1v) is 5.47. The van der Waals surface area contributed by atoms with E-state index in [4.69, 9.17) is 10.5 Å². The Hall–Kier alpha value is -0.540. The van der Waals surface area contributed by atoms with Crippen molar-refractivity contribution in [3.05, 3.63) is 29.8 Å². The number of para-hydroxylation sites is 1. The molecule has 0 unspecified atom stereocenters. The lowest BCUT2D eigenvalue weighted by molar-refractivity contribution is 0.341. The molecule has 0 radical (unpaired) electrons. The average molecular weight is 244 g/mol. The quantitative estimate of drug-likeness (QED) is 0.803. The van der Waals surface area contributed by atoms with Gasteiger partial charge in [0.2, 0.25) is 0 Å². The molecule has 0 fully saturated rings. The second kappa shape index (κ2) is 6.00. The molecular formula is C10H14BrNO. The van der Waals surface area contributed by atoms with Gasteiger partial charge in [-0.25, -0.2) is 0 Å². The lowest BCUT2D eigenvalue weighted by Gasteiger charge is -2.08. The molecule has 0 aromatic heterocycles. The van der Waals surface area contributed by atoms with Crippen LogP contribution in [0, 0.1) is 0 Å². The molecule has 1 aromatic carbocycles. The predicted octanol–water partition coefficient (Wildman–Crippen LogP) is 1.96. The minimum Gasteiger partial charge on any atom is -0.492 e. The third-order valence-electron chi connectivity index (χ3n) is 1.72. The van der Waals surface area contributed by atoms with Crippen LogP contribution in [0.5, 0.6) is 5.75 Å². The first-order chi connectivity index (χ1) is 6.38. The van der Waals surface area contributed by atoms with Gasteiger partial charge in [-0.05, 0) is 24.6 Å². The highest BCUT2D eigenvalue weighted by Crippen LogP contribution is 2.17. The summed E-state index contributed by atoms with van der Waals surface area (Å²) in [6.45, 7) is 1.36. The van der Waals surface area contributed by atoms with E-state index in [9.17, 15) is 0 Å². The molecule has 72 valence electrons. The number of ether oxygens (including phenoxy) is 1. The maximum absolute atomic E-state index is 5.54. The first-order valence-electron chi connectivity index (χ1n) is 4.35. The van der Waals surface area contributed by atoms with Gasteiger partial charge in [0, 0.05) is 5.33 Å². The zero-order valence-electron chi connectivity index (χ0n) is 7.50. The molecule has 0 aliphatic heterocycles. The molecule has 13 heavy (non-hydrogen) atoms.